The second-order valence-corrected chi connectivity index (χ2v) is 8.94. The number of anilines is 3. The number of imidazole rings is 1. The molecule has 5 rings (SSSR count). The van der Waals surface area contributed by atoms with Crippen molar-refractivity contribution in [2.45, 2.75) is 51.1 Å². The maximum absolute atomic E-state index is 12.0. The van der Waals surface area contributed by atoms with Gasteiger partial charge in [-0.3, -0.25) is 9.36 Å². The monoisotopic (exact) mass is 491 g/mol. The molecule has 1 fully saturated rings. The molecule has 11 nitrogen and oxygen atoms in total. The van der Waals surface area contributed by atoms with E-state index in [0.717, 1.165) is 31.5 Å². The molecule has 1 saturated carbocycles. The van der Waals surface area contributed by atoms with Gasteiger partial charge in [0.05, 0.1) is 30.7 Å². The Labute approximate surface area is 208 Å². The third-order valence-corrected chi connectivity index (χ3v) is 6.95. The van der Waals surface area contributed by atoms with Crippen LogP contribution in [0.4, 0.5) is 17.5 Å². The fraction of sp³-hybridized carbons (Fsp3) is 0.400. The fourth-order valence-corrected chi connectivity index (χ4v) is 5.30. The van der Waals surface area contributed by atoms with Gasteiger partial charge in [0, 0.05) is 18.7 Å². The Morgan fingerprint density at radius 1 is 1.22 bits per heavy atom. The highest BCUT2D eigenvalue weighted by Crippen LogP contribution is 2.44. The number of amides is 1. The number of benzene rings is 1. The zero-order valence-corrected chi connectivity index (χ0v) is 20.5. The summed E-state index contributed by atoms with van der Waals surface area (Å²) in [7, 11) is 3.11. The number of carbonyl (C=O) groups excluding carboxylic acids is 1. The number of carbonyl (C=O) groups is 2. The lowest BCUT2D eigenvalue weighted by Crippen LogP contribution is -2.42. The molecule has 0 radical (unpaired) electrons. The van der Waals surface area contributed by atoms with Crippen LogP contribution in [-0.4, -0.2) is 56.7 Å². The largest absolute Gasteiger partial charge is 0.495 e. The maximum atomic E-state index is 12.0. The topological polar surface area (TPSA) is 134 Å². The minimum atomic E-state index is -1.04. The molecule has 36 heavy (non-hydrogen) atoms. The summed E-state index contributed by atoms with van der Waals surface area (Å²) in [6.45, 7) is 2.06. The average Bonchev–Trinajstić information content (AvgIpc) is 3.58. The molecule has 2 aliphatic rings. The van der Waals surface area contributed by atoms with Crippen LogP contribution in [0.15, 0.2) is 30.7 Å². The van der Waals surface area contributed by atoms with Gasteiger partial charge in [-0.05, 0) is 37.5 Å². The van der Waals surface area contributed by atoms with Gasteiger partial charge in [-0.1, -0.05) is 19.8 Å². The molecule has 3 aromatic rings. The number of fused-ring (bicyclic) bond motifs is 3. The fourth-order valence-electron chi connectivity index (χ4n) is 5.30. The van der Waals surface area contributed by atoms with E-state index in [-0.39, 0.29) is 23.7 Å². The molecule has 1 unspecified atom stereocenters. The van der Waals surface area contributed by atoms with Crippen molar-refractivity contribution in [3.05, 3.63) is 47.7 Å². The lowest BCUT2D eigenvalue weighted by atomic mass is 10.0. The van der Waals surface area contributed by atoms with Crippen LogP contribution < -0.4 is 20.3 Å². The quantitative estimate of drug-likeness (QED) is 0.452. The van der Waals surface area contributed by atoms with Crippen molar-refractivity contribution in [3.63, 3.8) is 0 Å². The van der Waals surface area contributed by atoms with E-state index in [1.54, 1.807) is 42.3 Å². The first kappa shape index (κ1) is 23.6. The van der Waals surface area contributed by atoms with Crippen molar-refractivity contribution >= 4 is 29.3 Å². The molecule has 1 aromatic carbocycles. The minimum Gasteiger partial charge on any atom is -0.495 e. The summed E-state index contributed by atoms with van der Waals surface area (Å²) < 4.78 is 7.30. The van der Waals surface area contributed by atoms with Gasteiger partial charge >= 0.3 is 5.97 Å². The molecule has 0 bridgehead atoms. The number of ether oxygens (including phenoxy) is 1. The molecular formula is C25H29N7O4. The van der Waals surface area contributed by atoms with E-state index in [4.69, 9.17) is 9.72 Å². The summed E-state index contributed by atoms with van der Waals surface area (Å²) in [6.07, 6.45) is 8.25. The number of nitrogens with one attached hydrogen (secondary N) is 2. The van der Waals surface area contributed by atoms with Gasteiger partial charge in [0.25, 0.3) is 5.91 Å². The van der Waals surface area contributed by atoms with E-state index < -0.39 is 5.97 Å². The third-order valence-electron chi connectivity index (χ3n) is 6.95. The standard InChI is InChI=1S/C25H29N7O4/c1-4-17-21-20(24(34)35)28-13-31(21)18-12-27-25(30-22(18)32(17)15-7-5-6-8-15)29-16-10-9-14(23(33)26-2)11-19(16)36-3/h9-13,15,17H,4-8H2,1-3H3,(H,26,33)(H,34,35)(H,27,29,30). The van der Waals surface area contributed by atoms with Gasteiger partial charge in [-0.15, -0.1) is 0 Å². The second kappa shape index (κ2) is 9.48. The summed E-state index contributed by atoms with van der Waals surface area (Å²) >= 11 is 0. The molecule has 11 heteroatoms. The van der Waals surface area contributed by atoms with E-state index in [1.165, 1.54) is 7.11 Å². The van der Waals surface area contributed by atoms with E-state index in [2.05, 4.69) is 32.4 Å². The first-order chi connectivity index (χ1) is 17.5. The smallest absolute Gasteiger partial charge is 0.356 e. The number of methoxy groups -OCH3 is 1. The Hall–Kier alpha value is -4.15. The summed E-state index contributed by atoms with van der Waals surface area (Å²) in [5.74, 6) is 0.358. The predicted molar refractivity (Wildman–Crippen MR) is 134 cm³/mol. The first-order valence-electron chi connectivity index (χ1n) is 12.1. The number of hydrogen-bond donors (Lipinski definition) is 3. The highest BCUT2D eigenvalue weighted by atomic mass is 16.5. The van der Waals surface area contributed by atoms with E-state index >= 15 is 0 Å². The summed E-state index contributed by atoms with van der Waals surface area (Å²) in [4.78, 5) is 39.9. The number of carboxylic acids is 1. The van der Waals surface area contributed by atoms with Gasteiger partial charge in [-0.25, -0.2) is 14.8 Å². The Bertz CT molecular complexity index is 1320. The number of rotatable bonds is 7. The Morgan fingerprint density at radius 2 is 2.00 bits per heavy atom. The highest BCUT2D eigenvalue weighted by molar-refractivity contribution is 5.95. The van der Waals surface area contributed by atoms with Crippen LogP contribution in [0.3, 0.4) is 0 Å². The van der Waals surface area contributed by atoms with E-state index in [1.807, 2.05) is 0 Å². The van der Waals surface area contributed by atoms with Crippen LogP contribution in [0.25, 0.3) is 5.69 Å². The molecule has 2 aromatic heterocycles. The van der Waals surface area contributed by atoms with Crippen LogP contribution in [0.2, 0.25) is 0 Å². The molecule has 0 spiro atoms. The maximum Gasteiger partial charge on any atom is 0.356 e. The van der Waals surface area contributed by atoms with Crippen molar-refractivity contribution in [1.29, 1.82) is 0 Å². The lowest BCUT2D eigenvalue weighted by Gasteiger charge is -2.42. The summed E-state index contributed by atoms with van der Waals surface area (Å²) in [5.41, 5.74) is 2.54. The van der Waals surface area contributed by atoms with Crippen molar-refractivity contribution in [3.8, 4) is 11.4 Å². The first-order valence-corrected chi connectivity index (χ1v) is 12.1. The van der Waals surface area contributed by atoms with Crippen LogP contribution in [0, 0.1) is 0 Å². The molecule has 1 atom stereocenters. The van der Waals surface area contributed by atoms with Crippen molar-refractivity contribution in [1.82, 2.24) is 24.8 Å². The second-order valence-electron chi connectivity index (χ2n) is 8.94. The molecule has 188 valence electrons. The van der Waals surface area contributed by atoms with Gasteiger partial charge in [0.2, 0.25) is 5.95 Å². The summed E-state index contributed by atoms with van der Waals surface area (Å²) in [6, 6.07) is 5.19. The van der Waals surface area contributed by atoms with Crippen molar-refractivity contribution < 1.29 is 19.4 Å². The minimum absolute atomic E-state index is 0.0682. The molecule has 3 N–H and O–H groups in total. The van der Waals surface area contributed by atoms with Crippen LogP contribution in [0.1, 0.15) is 71.6 Å². The Balaban J connectivity index is 1.58. The zero-order valence-electron chi connectivity index (χ0n) is 20.5. The number of nitrogens with zero attached hydrogens (tertiary/aromatic N) is 5. The molecular weight excluding hydrogens is 462 g/mol. The molecule has 0 saturated heterocycles. The van der Waals surface area contributed by atoms with Crippen molar-refractivity contribution in [2.24, 2.45) is 0 Å². The summed E-state index contributed by atoms with van der Waals surface area (Å²) in [5, 5.41) is 15.6. The number of carboxylic acid groups (broad SMARTS) is 1. The van der Waals surface area contributed by atoms with Crippen LogP contribution in [0.5, 0.6) is 5.75 Å². The van der Waals surface area contributed by atoms with Crippen LogP contribution >= 0.6 is 0 Å². The third kappa shape index (κ3) is 3.90. The molecule has 3 heterocycles. The SMILES string of the molecule is CCC1c2c(C(=O)O)ncn2-c2cnc(Nc3ccc(C(=O)NC)cc3OC)nc2N1C1CCCC1. The van der Waals surface area contributed by atoms with Gasteiger partial charge in [0.1, 0.15) is 17.8 Å². The number of aromatic carboxylic acids is 1. The Morgan fingerprint density at radius 3 is 2.67 bits per heavy atom. The number of aromatic nitrogens is 4. The van der Waals surface area contributed by atoms with E-state index in [9.17, 15) is 14.7 Å². The zero-order chi connectivity index (χ0) is 25.4. The van der Waals surface area contributed by atoms with Crippen molar-refractivity contribution in [2.75, 3.05) is 24.4 Å². The lowest BCUT2D eigenvalue weighted by molar-refractivity contribution is 0.0688. The molecule has 1 aliphatic carbocycles. The Kier molecular flexibility index (Phi) is 6.21. The van der Waals surface area contributed by atoms with Crippen LogP contribution in [-0.2, 0) is 0 Å². The van der Waals surface area contributed by atoms with Gasteiger partial charge in [0.15, 0.2) is 11.5 Å². The van der Waals surface area contributed by atoms with Gasteiger partial charge in [-0.2, -0.15) is 4.98 Å². The van der Waals surface area contributed by atoms with E-state index in [0.29, 0.717) is 40.8 Å². The average molecular weight is 492 g/mol. The highest BCUT2D eigenvalue weighted by Gasteiger charge is 2.40. The molecule has 1 aliphatic heterocycles. The number of hydrogen-bond acceptors (Lipinski definition) is 8. The molecule has 1 amide bonds. The normalized spacial score (nSPS) is 16.9. The predicted octanol–water partition coefficient (Wildman–Crippen LogP) is 3.69. The van der Waals surface area contributed by atoms with Gasteiger partial charge < -0.3 is 25.4 Å².